The van der Waals surface area contributed by atoms with E-state index in [0.717, 1.165) is 36.8 Å². The molecule has 3 rings (SSSR count). The van der Waals surface area contributed by atoms with E-state index in [2.05, 4.69) is 53.8 Å². The smallest absolute Gasteiger partial charge is 0.217 e. The number of hydrogen-bond donors (Lipinski definition) is 1. The van der Waals surface area contributed by atoms with Gasteiger partial charge in [0.15, 0.2) is 0 Å². The van der Waals surface area contributed by atoms with Gasteiger partial charge < -0.3 is 14.8 Å². The van der Waals surface area contributed by atoms with Crippen molar-refractivity contribution in [3.63, 3.8) is 0 Å². The van der Waals surface area contributed by atoms with E-state index in [4.69, 9.17) is 9.47 Å². The van der Waals surface area contributed by atoms with Gasteiger partial charge in [-0.25, -0.2) is 0 Å². The predicted molar refractivity (Wildman–Crippen MR) is 133 cm³/mol. The van der Waals surface area contributed by atoms with Gasteiger partial charge in [-0.3, -0.25) is 4.79 Å². The number of amides is 1. The topological polar surface area (TPSA) is 47.6 Å². The zero-order valence-corrected chi connectivity index (χ0v) is 19.5. The summed E-state index contributed by atoms with van der Waals surface area (Å²) in [7, 11) is 0. The second-order valence-corrected chi connectivity index (χ2v) is 8.52. The predicted octanol–water partition coefficient (Wildman–Crippen LogP) is 5.71. The molecule has 0 bridgehead atoms. The van der Waals surface area contributed by atoms with Crippen molar-refractivity contribution in [1.82, 2.24) is 5.32 Å². The van der Waals surface area contributed by atoms with Crippen molar-refractivity contribution in [2.45, 2.75) is 51.4 Å². The summed E-state index contributed by atoms with van der Waals surface area (Å²) in [6.45, 7) is 3.87. The van der Waals surface area contributed by atoms with Crippen LogP contribution in [-0.4, -0.2) is 24.7 Å². The Labute approximate surface area is 197 Å². The minimum absolute atomic E-state index is 0.0193. The second kappa shape index (κ2) is 13.6. The summed E-state index contributed by atoms with van der Waals surface area (Å²) >= 11 is 0. The molecule has 0 radical (unpaired) electrons. The summed E-state index contributed by atoms with van der Waals surface area (Å²) in [6, 6.07) is 30.7. The number of nitrogens with one attached hydrogen (secondary N) is 1. The summed E-state index contributed by atoms with van der Waals surface area (Å²) < 4.78 is 12.0. The van der Waals surface area contributed by atoms with Gasteiger partial charge >= 0.3 is 0 Å². The van der Waals surface area contributed by atoms with Gasteiger partial charge in [-0.2, -0.15) is 0 Å². The van der Waals surface area contributed by atoms with Crippen LogP contribution in [0.1, 0.15) is 42.9 Å². The van der Waals surface area contributed by atoms with Crippen LogP contribution in [0, 0.1) is 0 Å². The summed E-state index contributed by atoms with van der Waals surface area (Å²) in [5.74, 6) is -0.0193. The highest BCUT2D eigenvalue weighted by molar-refractivity contribution is 5.73. The average molecular weight is 446 g/mol. The molecule has 0 unspecified atom stereocenters. The quantitative estimate of drug-likeness (QED) is 0.323. The lowest BCUT2D eigenvalue weighted by Crippen LogP contribution is -2.49. The molecule has 3 aromatic rings. The molecule has 0 fully saturated rings. The number of ether oxygens (including phenoxy) is 2. The van der Waals surface area contributed by atoms with Gasteiger partial charge in [0.2, 0.25) is 5.91 Å². The maximum atomic E-state index is 12.2. The Balaban J connectivity index is 1.61. The fourth-order valence-corrected chi connectivity index (χ4v) is 4.03. The van der Waals surface area contributed by atoms with Crippen molar-refractivity contribution in [3.05, 3.63) is 108 Å². The summed E-state index contributed by atoms with van der Waals surface area (Å²) in [6.07, 6.45) is 3.19. The zero-order valence-electron chi connectivity index (χ0n) is 19.5. The molecule has 4 heteroatoms. The molecule has 0 aliphatic carbocycles. The highest BCUT2D eigenvalue weighted by Gasteiger charge is 2.30. The molecule has 4 nitrogen and oxygen atoms in total. The second-order valence-electron chi connectivity index (χ2n) is 8.52. The molecule has 0 aliphatic heterocycles. The molecule has 33 heavy (non-hydrogen) atoms. The Morgan fingerprint density at radius 1 is 0.667 bits per heavy atom. The Morgan fingerprint density at radius 2 is 1.09 bits per heavy atom. The molecule has 3 aromatic carbocycles. The van der Waals surface area contributed by atoms with Gasteiger partial charge in [0, 0.05) is 25.7 Å². The first kappa shape index (κ1) is 24.7. The third kappa shape index (κ3) is 9.21. The van der Waals surface area contributed by atoms with Gasteiger partial charge in [-0.1, -0.05) is 91.0 Å². The lowest BCUT2D eigenvalue weighted by atomic mass is 9.85. The number of rotatable bonds is 14. The molecule has 1 amide bonds. The largest absolute Gasteiger partial charge is 0.377 e. The first-order valence-electron chi connectivity index (χ1n) is 11.7. The molecular weight excluding hydrogens is 410 g/mol. The van der Waals surface area contributed by atoms with Gasteiger partial charge in [0.05, 0.1) is 13.2 Å². The Morgan fingerprint density at radius 3 is 1.52 bits per heavy atom. The molecule has 0 atom stereocenters. The first-order valence-corrected chi connectivity index (χ1v) is 11.7. The summed E-state index contributed by atoms with van der Waals surface area (Å²) in [5.41, 5.74) is 3.19. The summed E-state index contributed by atoms with van der Waals surface area (Å²) in [4.78, 5) is 12.2. The van der Waals surface area contributed by atoms with E-state index in [1.807, 2.05) is 42.5 Å². The van der Waals surface area contributed by atoms with Crippen molar-refractivity contribution in [2.24, 2.45) is 0 Å². The molecule has 0 heterocycles. The van der Waals surface area contributed by atoms with Crippen molar-refractivity contribution in [3.8, 4) is 0 Å². The Hall–Kier alpha value is -2.95. The SMILES string of the molecule is CC(=O)NC(CCOCc1ccccc1)(CCOCc1ccccc1)CCc1ccccc1. The van der Waals surface area contributed by atoms with Crippen LogP contribution < -0.4 is 5.32 Å². The van der Waals surface area contributed by atoms with Crippen LogP contribution in [0.5, 0.6) is 0 Å². The number of carbonyl (C=O) groups is 1. The third-order valence-corrected chi connectivity index (χ3v) is 5.85. The van der Waals surface area contributed by atoms with E-state index in [-0.39, 0.29) is 11.4 Å². The van der Waals surface area contributed by atoms with Crippen LogP contribution in [0.25, 0.3) is 0 Å². The van der Waals surface area contributed by atoms with Crippen LogP contribution in [0.15, 0.2) is 91.0 Å². The molecule has 0 aliphatic rings. The normalized spacial score (nSPS) is 11.3. The highest BCUT2D eigenvalue weighted by Crippen LogP contribution is 2.24. The van der Waals surface area contributed by atoms with E-state index in [9.17, 15) is 4.79 Å². The van der Waals surface area contributed by atoms with E-state index < -0.39 is 0 Å². The monoisotopic (exact) mass is 445 g/mol. The number of benzene rings is 3. The van der Waals surface area contributed by atoms with Crippen LogP contribution in [0.3, 0.4) is 0 Å². The summed E-state index contributed by atoms with van der Waals surface area (Å²) in [5, 5.41) is 3.26. The van der Waals surface area contributed by atoms with Crippen LogP contribution in [0.2, 0.25) is 0 Å². The van der Waals surface area contributed by atoms with E-state index in [1.54, 1.807) is 6.92 Å². The van der Waals surface area contributed by atoms with Gasteiger partial charge in [0.1, 0.15) is 0 Å². The molecule has 0 saturated heterocycles. The van der Waals surface area contributed by atoms with E-state index >= 15 is 0 Å². The van der Waals surface area contributed by atoms with E-state index in [0.29, 0.717) is 26.4 Å². The average Bonchev–Trinajstić information content (AvgIpc) is 2.85. The molecular formula is C29H35NO3. The van der Waals surface area contributed by atoms with E-state index in [1.165, 1.54) is 5.56 Å². The highest BCUT2D eigenvalue weighted by atomic mass is 16.5. The van der Waals surface area contributed by atoms with Crippen LogP contribution in [-0.2, 0) is 33.9 Å². The third-order valence-electron chi connectivity index (χ3n) is 5.85. The molecule has 0 spiro atoms. The zero-order chi connectivity index (χ0) is 23.2. The standard InChI is InChI=1S/C29H35NO3/c1-25(31)30-29(18-17-26-11-5-2-6-12-26,19-21-32-23-27-13-7-3-8-14-27)20-22-33-24-28-15-9-4-10-16-28/h2-16H,17-24H2,1H3,(H,30,31). The lowest BCUT2D eigenvalue weighted by molar-refractivity contribution is -0.121. The lowest BCUT2D eigenvalue weighted by Gasteiger charge is -2.35. The Kier molecular flexibility index (Phi) is 10.1. The van der Waals surface area contributed by atoms with Crippen molar-refractivity contribution < 1.29 is 14.3 Å². The molecule has 0 aromatic heterocycles. The van der Waals surface area contributed by atoms with Gasteiger partial charge in [-0.05, 0) is 42.4 Å². The maximum Gasteiger partial charge on any atom is 0.217 e. The van der Waals surface area contributed by atoms with Gasteiger partial charge in [0.25, 0.3) is 0 Å². The van der Waals surface area contributed by atoms with Crippen molar-refractivity contribution >= 4 is 5.91 Å². The van der Waals surface area contributed by atoms with Gasteiger partial charge in [-0.15, -0.1) is 0 Å². The first-order chi connectivity index (χ1) is 16.2. The number of hydrogen-bond acceptors (Lipinski definition) is 3. The number of aryl methyl sites for hydroxylation is 1. The number of carbonyl (C=O) groups excluding carboxylic acids is 1. The fraction of sp³-hybridized carbons (Fsp3) is 0.345. The molecule has 1 N–H and O–H groups in total. The van der Waals surface area contributed by atoms with Crippen molar-refractivity contribution in [1.29, 1.82) is 0 Å². The fourth-order valence-electron chi connectivity index (χ4n) is 4.03. The minimum atomic E-state index is -0.380. The van der Waals surface area contributed by atoms with Crippen molar-refractivity contribution in [2.75, 3.05) is 13.2 Å². The molecule has 174 valence electrons. The minimum Gasteiger partial charge on any atom is -0.377 e. The maximum absolute atomic E-state index is 12.2. The Bertz CT molecular complexity index is 881. The van der Waals surface area contributed by atoms with Crippen LogP contribution in [0.4, 0.5) is 0 Å². The van der Waals surface area contributed by atoms with Crippen LogP contribution >= 0.6 is 0 Å². The molecule has 0 saturated carbocycles.